The predicted molar refractivity (Wildman–Crippen MR) is 142 cm³/mol. The number of likely N-dealkylation sites (tertiary alicyclic amines) is 1. The van der Waals surface area contributed by atoms with Crippen LogP contribution in [0.1, 0.15) is 38.7 Å². The molecule has 6 nitrogen and oxygen atoms in total. The van der Waals surface area contributed by atoms with Crippen molar-refractivity contribution in [1.82, 2.24) is 10.3 Å². The Morgan fingerprint density at radius 3 is 2.46 bits per heavy atom. The lowest BCUT2D eigenvalue weighted by molar-refractivity contribution is -0.130. The largest absolute Gasteiger partial charge is 0.483 e. The summed E-state index contributed by atoms with van der Waals surface area (Å²) < 4.78 is 6.51. The van der Waals surface area contributed by atoms with Crippen molar-refractivity contribution in [3.8, 4) is 5.75 Å². The average Bonchev–Trinajstić information content (AvgIpc) is 3.46. The van der Waals surface area contributed by atoms with Crippen molar-refractivity contribution in [1.29, 1.82) is 0 Å². The molecule has 1 aliphatic carbocycles. The van der Waals surface area contributed by atoms with E-state index in [-0.39, 0.29) is 12.4 Å². The number of hydrogen-bond donors (Lipinski definition) is 2. The van der Waals surface area contributed by atoms with Crippen molar-refractivity contribution in [2.45, 2.75) is 44.4 Å². The third kappa shape index (κ3) is 3.57. The third-order valence-electron chi connectivity index (χ3n) is 7.91. The van der Waals surface area contributed by atoms with Gasteiger partial charge in [-0.25, -0.2) is 0 Å². The molecule has 0 spiro atoms. The molecule has 1 saturated carbocycles. The normalized spacial score (nSPS) is 28.7. The zero-order chi connectivity index (χ0) is 23.8. The highest BCUT2D eigenvalue weighted by molar-refractivity contribution is 6.36. The van der Waals surface area contributed by atoms with Crippen molar-refractivity contribution in [3.05, 3.63) is 63.6 Å². The molecule has 2 aromatic rings. The molecule has 3 atom stereocenters. The SMILES string of the molecule is CC1(C)Oc2ccccc2C2=C1C(C(N)=O)(N1CC3CCCC3C1)NN2c1ccc(Cl)cc1Cl.Cl. The van der Waals surface area contributed by atoms with Crippen LogP contribution in [0.25, 0.3) is 5.70 Å². The van der Waals surface area contributed by atoms with Crippen LogP contribution in [-0.4, -0.2) is 35.2 Å². The third-order valence-corrected chi connectivity index (χ3v) is 8.45. The van der Waals surface area contributed by atoms with E-state index in [4.69, 9.17) is 33.7 Å². The molecule has 186 valence electrons. The van der Waals surface area contributed by atoms with Gasteiger partial charge in [-0.1, -0.05) is 41.8 Å². The molecular weight excluding hydrogens is 507 g/mol. The minimum absolute atomic E-state index is 0. The van der Waals surface area contributed by atoms with Gasteiger partial charge in [-0.15, -0.1) is 12.4 Å². The number of nitrogens with zero attached hydrogens (tertiary/aromatic N) is 2. The summed E-state index contributed by atoms with van der Waals surface area (Å²) in [4.78, 5) is 15.8. The molecule has 0 radical (unpaired) electrons. The zero-order valence-electron chi connectivity index (χ0n) is 19.7. The van der Waals surface area contributed by atoms with Gasteiger partial charge >= 0.3 is 0 Å². The second-order valence-electron chi connectivity index (χ2n) is 10.3. The van der Waals surface area contributed by atoms with Crippen LogP contribution in [0.4, 0.5) is 5.69 Å². The van der Waals surface area contributed by atoms with Crippen LogP contribution in [0.2, 0.25) is 10.0 Å². The number of nitrogens with one attached hydrogen (secondary N) is 1. The van der Waals surface area contributed by atoms with Crippen molar-refractivity contribution >= 4 is 52.9 Å². The summed E-state index contributed by atoms with van der Waals surface area (Å²) in [6.07, 6.45) is 3.64. The van der Waals surface area contributed by atoms with Gasteiger partial charge in [0.25, 0.3) is 5.91 Å². The van der Waals surface area contributed by atoms with E-state index in [0.717, 1.165) is 35.7 Å². The molecule has 2 aromatic carbocycles. The molecular formula is C26H29Cl3N4O2. The Kier molecular flexibility index (Phi) is 6.05. The number of anilines is 1. The number of rotatable bonds is 3. The maximum Gasteiger partial charge on any atom is 0.259 e. The summed E-state index contributed by atoms with van der Waals surface area (Å²) in [6.45, 7) is 5.64. The first kappa shape index (κ1) is 24.7. The van der Waals surface area contributed by atoms with Crippen LogP contribution in [0.5, 0.6) is 5.75 Å². The monoisotopic (exact) mass is 534 g/mol. The van der Waals surface area contributed by atoms with E-state index in [0.29, 0.717) is 27.6 Å². The number of carbonyl (C=O) groups is 1. The molecule has 35 heavy (non-hydrogen) atoms. The number of nitrogens with two attached hydrogens (primary N) is 1. The second-order valence-corrected chi connectivity index (χ2v) is 11.1. The van der Waals surface area contributed by atoms with E-state index in [1.165, 1.54) is 19.3 Å². The zero-order valence-corrected chi connectivity index (χ0v) is 22.0. The number of hydrogen-bond acceptors (Lipinski definition) is 5. The Bertz CT molecular complexity index is 1220. The molecule has 3 N–H and O–H groups in total. The maximum atomic E-state index is 13.5. The van der Waals surface area contributed by atoms with Crippen molar-refractivity contribution in [3.63, 3.8) is 0 Å². The molecule has 3 heterocycles. The van der Waals surface area contributed by atoms with Crippen LogP contribution < -0.4 is 20.9 Å². The summed E-state index contributed by atoms with van der Waals surface area (Å²) in [7, 11) is 0. The number of fused-ring (bicyclic) bond motifs is 3. The van der Waals surface area contributed by atoms with E-state index < -0.39 is 17.2 Å². The van der Waals surface area contributed by atoms with Crippen molar-refractivity contribution in [2.24, 2.45) is 17.6 Å². The van der Waals surface area contributed by atoms with Gasteiger partial charge in [-0.2, -0.15) is 5.43 Å². The van der Waals surface area contributed by atoms with Gasteiger partial charge < -0.3 is 10.5 Å². The molecule has 3 aliphatic heterocycles. The summed E-state index contributed by atoms with van der Waals surface area (Å²) in [6, 6.07) is 13.2. The fourth-order valence-electron chi connectivity index (χ4n) is 6.53. The molecule has 2 fully saturated rings. The first-order valence-electron chi connectivity index (χ1n) is 11.8. The van der Waals surface area contributed by atoms with Crippen LogP contribution >= 0.6 is 35.6 Å². The Hall–Kier alpha value is -1.96. The Morgan fingerprint density at radius 1 is 1.11 bits per heavy atom. The highest BCUT2D eigenvalue weighted by Crippen LogP contribution is 2.54. The molecule has 0 aromatic heterocycles. The quantitative estimate of drug-likeness (QED) is 0.563. The average molecular weight is 536 g/mol. The molecule has 3 unspecified atom stereocenters. The number of carbonyl (C=O) groups excluding carboxylic acids is 1. The van der Waals surface area contributed by atoms with Gasteiger partial charge in [0.2, 0.25) is 0 Å². The fraction of sp³-hybridized carbons (Fsp3) is 0.423. The topological polar surface area (TPSA) is 70.8 Å². The molecule has 6 rings (SSSR count). The number of amides is 1. The summed E-state index contributed by atoms with van der Waals surface area (Å²) in [5.41, 5.74) is 11.1. The van der Waals surface area contributed by atoms with E-state index >= 15 is 0 Å². The number of halogens is 3. The van der Waals surface area contributed by atoms with Crippen LogP contribution in [0, 0.1) is 11.8 Å². The molecule has 4 aliphatic rings. The Labute approximate surface area is 221 Å². The molecule has 9 heteroatoms. The van der Waals surface area contributed by atoms with Crippen LogP contribution in [0.15, 0.2) is 48.0 Å². The van der Waals surface area contributed by atoms with E-state index in [2.05, 4.69) is 10.3 Å². The van der Waals surface area contributed by atoms with E-state index in [9.17, 15) is 4.79 Å². The van der Waals surface area contributed by atoms with Crippen molar-refractivity contribution in [2.75, 3.05) is 18.1 Å². The Balaban J connectivity index is 0.00000253. The number of benzene rings is 2. The van der Waals surface area contributed by atoms with Gasteiger partial charge in [0, 0.05) is 29.2 Å². The molecule has 1 saturated heterocycles. The number of ether oxygens (including phenoxy) is 1. The summed E-state index contributed by atoms with van der Waals surface area (Å²) in [5, 5.41) is 2.94. The van der Waals surface area contributed by atoms with Crippen LogP contribution in [0.3, 0.4) is 0 Å². The first-order chi connectivity index (χ1) is 16.2. The predicted octanol–water partition coefficient (Wildman–Crippen LogP) is 5.24. The smallest absolute Gasteiger partial charge is 0.259 e. The summed E-state index contributed by atoms with van der Waals surface area (Å²) >= 11 is 12.9. The maximum absolute atomic E-state index is 13.5. The second kappa shape index (κ2) is 8.56. The van der Waals surface area contributed by atoms with Gasteiger partial charge in [0.05, 0.1) is 16.4 Å². The van der Waals surface area contributed by atoms with Gasteiger partial charge in [-0.3, -0.25) is 14.7 Å². The van der Waals surface area contributed by atoms with Crippen LogP contribution in [-0.2, 0) is 4.79 Å². The van der Waals surface area contributed by atoms with E-state index in [1.54, 1.807) is 12.1 Å². The minimum Gasteiger partial charge on any atom is -0.483 e. The number of hydrazine groups is 1. The van der Waals surface area contributed by atoms with E-state index in [1.807, 2.05) is 49.2 Å². The highest BCUT2D eigenvalue weighted by Gasteiger charge is 2.62. The highest BCUT2D eigenvalue weighted by atomic mass is 35.5. The minimum atomic E-state index is -1.24. The van der Waals surface area contributed by atoms with Gasteiger partial charge in [0.1, 0.15) is 11.4 Å². The number of primary amides is 1. The number of para-hydroxylation sites is 1. The lowest BCUT2D eigenvalue weighted by Gasteiger charge is -2.44. The lowest BCUT2D eigenvalue weighted by atomic mass is 9.81. The lowest BCUT2D eigenvalue weighted by Crippen LogP contribution is -2.69. The molecule has 1 amide bonds. The molecule has 0 bridgehead atoms. The van der Waals surface area contributed by atoms with Gasteiger partial charge in [0.15, 0.2) is 5.66 Å². The fourth-order valence-corrected chi connectivity index (χ4v) is 7.02. The Morgan fingerprint density at radius 2 is 1.80 bits per heavy atom. The van der Waals surface area contributed by atoms with Crippen molar-refractivity contribution < 1.29 is 9.53 Å². The first-order valence-corrected chi connectivity index (χ1v) is 12.6. The summed E-state index contributed by atoms with van der Waals surface area (Å²) in [5.74, 6) is 1.47. The van der Waals surface area contributed by atoms with Gasteiger partial charge in [-0.05, 0) is 68.9 Å². The standard InChI is InChI=1S/C26H28Cl2N4O2.ClH/c1-25(2)23-22(18-8-3-4-9-21(18)34-25)32(20-11-10-17(27)12-19(20)28)30-26(23,24(29)33)31-13-15-6-5-7-16(15)14-31;/h3-4,8-12,15-16,30H,5-7,13-14H2,1-2H3,(H2,29,33);1H.